The fourth-order valence-electron chi connectivity index (χ4n) is 3.06. The molecule has 1 atom stereocenters. The zero-order chi connectivity index (χ0) is 13.1. The quantitative estimate of drug-likeness (QED) is 0.899. The maximum atomic E-state index is 3.60. The van der Waals surface area contributed by atoms with Crippen LogP contribution in [0, 0.1) is 0 Å². The molecule has 0 amide bonds. The molecule has 0 saturated carbocycles. The summed E-state index contributed by atoms with van der Waals surface area (Å²) in [5, 5.41) is 6.29. The summed E-state index contributed by atoms with van der Waals surface area (Å²) in [5.41, 5.74) is 1.37. The maximum Gasteiger partial charge on any atom is 0.0446 e. The van der Waals surface area contributed by atoms with Gasteiger partial charge in [0.05, 0.1) is 0 Å². The molecular weight excluding hydrogens is 232 g/mol. The van der Waals surface area contributed by atoms with Gasteiger partial charge in [0, 0.05) is 30.2 Å². The second-order valence-corrected chi connectivity index (χ2v) is 5.33. The van der Waals surface area contributed by atoms with Crippen LogP contribution < -0.4 is 10.2 Å². The van der Waals surface area contributed by atoms with E-state index in [1.54, 1.807) is 0 Å². The topological polar surface area (TPSA) is 15.3 Å². The molecule has 1 aliphatic rings. The highest BCUT2D eigenvalue weighted by atomic mass is 15.2. The number of anilines is 1. The molecule has 1 aliphatic heterocycles. The van der Waals surface area contributed by atoms with Crippen molar-refractivity contribution in [2.75, 3.05) is 24.5 Å². The molecule has 1 heterocycles. The predicted octanol–water partition coefficient (Wildman–Crippen LogP) is 3.42. The van der Waals surface area contributed by atoms with Crippen molar-refractivity contribution in [2.24, 2.45) is 0 Å². The van der Waals surface area contributed by atoms with Gasteiger partial charge in [0.15, 0.2) is 0 Å². The molecule has 2 aromatic carbocycles. The molecule has 0 bridgehead atoms. The van der Waals surface area contributed by atoms with Crippen LogP contribution in [0.15, 0.2) is 42.5 Å². The Balaban J connectivity index is 1.91. The van der Waals surface area contributed by atoms with E-state index < -0.39 is 0 Å². The first-order valence-electron chi connectivity index (χ1n) is 7.34. The Bertz CT molecular complexity index is 538. The number of hydrogen-bond acceptors (Lipinski definition) is 2. The molecule has 0 radical (unpaired) electrons. The standard InChI is InChI=1S/C17H22N2/c1-2-19(13-15-9-6-12-18-15)17-11-5-8-14-7-3-4-10-16(14)17/h3-5,7-8,10-11,15,18H,2,6,9,12-13H2,1H3/t15-/m1/s1. The van der Waals surface area contributed by atoms with E-state index in [4.69, 9.17) is 0 Å². The summed E-state index contributed by atoms with van der Waals surface area (Å²) in [6, 6.07) is 15.9. The summed E-state index contributed by atoms with van der Waals surface area (Å²) in [4.78, 5) is 2.51. The Hall–Kier alpha value is -1.54. The lowest BCUT2D eigenvalue weighted by molar-refractivity contribution is 0.587. The molecule has 2 aromatic rings. The van der Waals surface area contributed by atoms with Crippen LogP contribution in [-0.4, -0.2) is 25.7 Å². The van der Waals surface area contributed by atoms with Crippen molar-refractivity contribution >= 4 is 16.5 Å². The van der Waals surface area contributed by atoms with Crippen LogP contribution >= 0.6 is 0 Å². The van der Waals surface area contributed by atoms with Crippen molar-refractivity contribution in [3.8, 4) is 0 Å². The molecule has 1 saturated heterocycles. The monoisotopic (exact) mass is 254 g/mol. The second kappa shape index (κ2) is 5.62. The van der Waals surface area contributed by atoms with Crippen LogP contribution in [0.25, 0.3) is 10.8 Å². The molecule has 2 nitrogen and oxygen atoms in total. The molecule has 3 rings (SSSR count). The third kappa shape index (κ3) is 2.59. The van der Waals surface area contributed by atoms with Gasteiger partial charge in [-0.15, -0.1) is 0 Å². The summed E-state index contributed by atoms with van der Waals surface area (Å²) >= 11 is 0. The van der Waals surface area contributed by atoms with Crippen LogP contribution in [0.2, 0.25) is 0 Å². The van der Waals surface area contributed by atoms with E-state index in [2.05, 4.69) is 59.6 Å². The van der Waals surface area contributed by atoms with Crippen molar-refractivity contribution < 1.29 is 0 Å². The van der Waals surface area contributed by atoms with Gasteiger partial charge in [0.1, 0.15) is 0 Å². The first-order valence-corrected chi connectivity index (χ1v) is 7.34. The highest BCUT2D eigenvalue weighted by molar-refractivity contribution is 5.94. The molecule has 19 heavy (non-hydrogen) atoms. The number of hydrogen-bond donors (Lipinski definition) is 1. The first kappa shape index (κ1) is 12.5. The zero-order valence-electron chi connectivity index (χ0n) is 11.6. The van der Waals surface area contributed by atoms with Crippen molar-refractivity contribution in [2.45, 2.75) is 25.8 Å². The molecule has 0 aromatic heterocycles. The van der Waals surface area contributed by atoms with Crippen molar-refractivity contribution in [3.63, 3.8) is 0 Å². The zero-order valence-corrected chi connectivity index (χ0v) is 11.6. The SMILES string of the molecule is CCN(C[C@H]1CCCN1)c1cccc2ccccc12. The minimum absolute atomic E-state index is 0.652. The van der Waals surface area contributed by atoms with Gasteiger partial charge < -0.3 is 10.2 Å². The van der Waals surface area contributed by atoms with Crippen LogP contribution in [0.3, 0.4) is 0 Å². The Morgan fingerprint density at radius 2 is 2.00 bits per heavy atom. The number of fused-ring (bicyclic) bond motifs is 1. The number of rotatable bonds is 4. The highest BCUT2D eigenvalue weighted by Gasteiger charge is 2.18. The smallest absolute Gasteiger partial charge is 0.0446 e. The molecule has 1 N–H and O–H groups in total. The van der Waals surface area contributed by atoms with Crippen molar-refractivity contribution in [1.82, 2.24) is 5.32 Å². The van der Waals surface area contributed by atoms with Gasteiger partial charge in [-0.25, -0.2) is 0 Å². The average Bonchev–Trinajstić information content (AvgIpc) is 2.97. The summed E-state index contributed by atoms with van der Waals surface area (Å²) in [6.07, 6.45) is 2.62. The van der Waals surface area contributed by atoms with Gasteiger partial charge >= 0.3 is 0 Å². The first-order chi connectivity index (χ1) is 9.38. The minimum Gasteiger partial charge on any atom is -0.370 e. The van der Waals surface area contributed by atoms with Crippen LogP contribution in [0.1, 0.15) is 19.8 Å². The predicted molar refractivity (Wildman–Crippen MR) is 82.9 cm³/mol. The van der Waals surface area contributed by atoms with Crippen LogP contribution in [0.4, 0.5) is 5.69 Å². The van der Waals surface area contributed by atoms with E-state index in [9.17, 15) is 0 Å². The summed E-state index contributed by atoms with van der Waals surface area (Å²) in [7, 11) is 0. The van der Waals surface area contributed by atoms with E-state index >= 15 is 0 Å². The maximum absolute atomic E-state index is 3.60. The third-order valence-electron chi connectivity index (χ3n) is 4.09. The number of nitrogens with one attached hydrogen (secondary N) is 1. The largest absolute Gasteiger partial charge is 0.370 e. The normalized spacial score (nSPS) is 18.9. The molecule has 100 valence electrons. The van der Waals surface area contributed by atoms with Gasteiger partial charge in [-0.2, -0.15) is 0 Å². The summed E-state index contributed by atoms with van der Waals surface area (Å²) < 4.78 is 0. The van der Waals surface area contributed by atoms with Gasteiger partial charge in [0.2, 0.25) is 0 Å². The fraction of sp³-hybridized carbons (Fsp3) is 0.412. The molecule has 0 aliphatic carbocycles. The van der Waals surface area contributed by atoms with Gasteiger partial charge in [-0.1, -0.05) is 36.4 Å². The van der Waals surface area contributed by atoms with E-state index in [1.165, 1.54) is 35.8 Å². The summed E-state index contributed by atoms with van der Waals surface area (Å²) in [6.45, 7) is 5.60. The molecule has 0 unspecified atom stereocenters. The Morgan fingerprint density at radius 3 is 2.79 bits per heavy atom. The lowest BCUT2D eigenvalue weighted by Gasteiger charge is -2.27. The Kier molecular flexibility index (Phi) is 3.69. The van der Waals surface area contributed by atoms with Crippen LogP contribution in [0.5, 0.6) is 0 Å². The number of likely N-dealkylation sites (N-methyl/N-ethyl adjacent to an activating group) is 1. The molecular formula is C17H22N2. The van der Waals surface area contributed by atoms with E-state index in [-0.39, 0.29) is 0 Å². The Morgan fingerprint density at radius 1 is 1.16 bits per heavy atom. The lowest BCUT2D eigenvalue weighted by Crippen LogP contribution is -2.37. The van der Waals surface area contributed by atoms with Crippen molar-refractivity contribution in [3.05, 3.63) is 42.5 Å². The summed E-state index contributed by atoms with van der Waals surface area (Å²) in [5.74, 6) is 0. The lowest BCUT2D eigenvalue weighted by atomic mass is 10.1. The minimum atomic E-state index is 0.652. The van der Waals surface area contributed by atoms with Gasteiger partial charge in [-0.3, -0.25) is 0 Å². The van der Waals surface area contributed by atoms with E-state index in [0.717, 1.165) is 13.1 Å². The molecule has 0 spiro atoms. The molecule has 1 fully saturated rings. The van der Waals surface area contributed by atoms with Gasteiger partial charge in [0.25, 0.3) is 0 Å². The number of benzene rings is 2. The third-order valence-corrected chi connectivity index (χ3v) is 4.09. The Labute approximate surface area is 115 Å². The average molecular weight is 254 g/mol. The highest BCUT2D eigenvalue weighted by Crippen LogP contribution is 2.27. The number of nitrogens with zero attached hydrogens (tertiary/aromatic N) is 1. The molecule has 2 heteroatoms. The second-order valence-electron chi connectivity index (χ2n) is 5.33. The van der Waals surface area contributed by atoms with Crippen LogP contribution in [-0.2, 0) is 0 Å². The van der Waals surface area contributed by atoms with Gasteiger partial charge in [-0.05, 0) is 37.8 Å². The van der Waals surface area contributed by atoms with E-state index in [1.807, 2.05) is 0 Å². The van der Waals surface area contributed by atoms with E-state index in [0.29, 0.717) is 6.04 Å². The fourth-order valence-corrected chi connectivity index (χ4v) is 3.06. The van der Waals surface area contributed by atoms with Crippen molar-refractivity contribution in [1.29, 1.82) is 0 Å².